The third-order valence-corrected chi connectivity index (χ3v) is 5.30. The monoisotopic (exact) mass is 419 g/mol. The third-order valence-electron chi connectivity index (χ3n) is 5.30. The first-order chi connectivity index (χ1) is 14.7. The number of benzene rings is 2. The topological polar surface area (TPSA) is 65.0 Å². The fourth-order valence-electron chi connectivity index (χ4n) is 3.37. The molecule has 0 saturated carbocycles. The van der Waals surface area contributed by atoms with Crippen molar-refractivity contribution in [3.05, 3.63) is 83.9 Å². The van der Waals surface area contributed by atoms with Crippen LogP contribution in [0.2, 0.25) is 0 Å². The summed E-state index contributed by atoms with van der Waals surface area (Å²) in [6, 6.07) is 19.2. The Kier molecular flexibility index (Phi) is 6.74. The van der Waals surface area contributed by atoms with Gasteiger partial charge >= 0.3 is 11.9 Å². The molecule has 31 heavy (non-hydrogen) atoms. The highest BCUT2D eigenvalue weighted by atomic mass is 16.6. The molecular weight excluding hydrogens is 390 g/mol. The molecule has 0 fully saturated rings. The maximum absolute atomic E-state index is 13.1. The van der Waals surface area contributed by atoms with Crippen LogP contribution in [-0.4, -0.2) is 23.4 Å². The van der Waals surface area contributed by atoms with Gasteiger partial charge in [-0.05, 0) is 11.1 Å². The van der Waals surface area contributed by atoms with Crippen LogP contribution in [0.5, 0.6) is 0 Å². The van der Waals surface area contributed by atoms with E-state index in [9.17, 15) is 9.59 Å². The lowest BCUT2D eigenvalue weighted by molar-refractivity contribution is -0.141. The van der Waals surface area contributed by atoms with E-state index in [1.54, 1.807) is 6.08 Å². The molecule has 0 aliphatic carbocycles. The fourth-order valence-corrected chi connectivity index (χ4v) is 3.37. The Morgan fingerprint density at radius 2 is 1.65 bits per heavy atom. The first-order valence-electron chi connectivity index (χ1n) is 10.5. The van der Waals surface area contributed by atoms with E-state index in [-0.39, 0.29) is 12.5 Å². The van der Waals surface area contributed by atoms with E-state index < -0.39 is 22.9 Å². The lowest BCUT2D eigenvalue weighted by Gasteiger charge is -2.27. The van der Waals surface area contributed by atoms with Crippen molar-refractivity contribution in [1.82, 2.24) is 0 Å². The predicted molar refractivity (Wildman–Crippen MR) is 120 cm³/mol. The van der Waals surface area contributed by atoms with Crippen LogP contribution in [0.1, 0.15) is 38.8 Å². The van der Waals surface area contributed by atoms with Crippen molar-refractivity contribution in [2.24, 2.45) is 16.3 Å². The fraction of sp³-hybridized carbons (Fsp3) is 0.346. The van der Waals surface area contributed by atoms with Crippen molar-refractivity contribution < 1.29 is 19.1 Å². The maximum Gasteiger partial charge on any atom is 0.341 e. The van der Waals surface area contributed by atoms with Crippen LogP contribution in [0.4, 0.5) is 0 Å². The molecule has 0 spiro atoms. The van der Waals surface area contributed by atoms with Crippen LogP contribution in [0.15, 0.2) is 77.8 Å². The van der Waals surface area contributed by atoms with Gasteiger partial charge < -0.3 is 9.47 Å². The van der Waals surface area contributed by atoms with Crippen LogP contribution in [-0.2, 0) is 32.1 Å². The van der Waals surface area contributed by atoms with Crippen molar-refractivity contribution in [2.75, 3.05) is 0 Å². The zero-order chi connectivity index (χ0) is 22.5. The second-order valence-electron chi connectivity index (χ2n) is 8.88. The van der Waals surface area contributed by atoms with Gasteiger partial charge in [-0.3, -0.25) is 0 Å². The Morgan fingerprint density at radius 3 is 2.19 bits per heavy atom. The minimum atomic E-state index is -1.12. The predicted octanol–water partition coefficient (Wildman–Crippen LogP) is 4.91. The second kappa shape index (κ2) is 9.29. The quantitative estimate of drug-likeness (QED) is 0.473. The Morgan fingerprint density at radius 1 is 1.06 bits per heavy atom. The summed E-state index contributed by atoms with van der Waals surface area (Å²) in [7, 11) is 0. The van der Waals surface area contributed by atoms with E-state index in [1.807, 2.05) is 88.4 Å². The first kappa shape index (κ1) is 22.5. The molecule has 0 saturated heterocycles. The van der Waals surface area contributed by atoms with E-state index in [2.05, 4.69) is 0 Å². The molecule has 5 nitrogen and oxygen atoms in total. The molecule has 162 valence electrons. The summed E-state index contributed by atoms with van der Waals surface area (Å²) < 4.78 is 10.9. The van der Waals surface area contributed by atoms with Gasteiger partial charge in [0.2, 0.25) is 0 Å². The van der Waals surface area contributed by atoms with E-state index in [1.165, 1.54) is 6.08 Å². The summed E-state index contributed by atoms with van der Waals surface area (Å²) in [5, 5.41) is 0. The number of aliphatic imine (C=N–C) groups is 1. The number of nitrogens with zero attached hydrogens (tertiary/aromatic N) is 1. The molecule has 0 aromatic heterocycles. The highest BCUT2D eigenvalue weighted by molar-refractivity contribution is 6.02. The molecule has 2 aromatic rings. The largest absolute Gasteiger partial charge is 0.458 e. The Labute approximate surface area is 183 Å². The molecule has 1 aliphatic heterocycles. The lowest BCUT2D eigenvalue weighted by Crippen LogP contribution is -2.42. The Hall–Kier alpha value is -3.21. The van der Waals surface area contributed by atoms with Gasteiger partial charge in [-0.15, -0.1) is 0 Å². The first-order valence-corrected chi connectivity index (χ1v) is 10.5. The van der Waals surface area contributed by atoms with Gasteiger partial charge in [0.15, 0.2) is 11.4 Å². The zero-order valence-corrected chi connectivity index (χ0v) is 18.5. The van der Waals surface area contributed by atoms with Gasteiger partial charge in [0.25, 0.3) is 0 Å². The van der Waals surface area contributed by atoms with E-state index in [4.69, 9.17) is 14.5 Å². The molecule has 0 amide bonds. The molecule has 5 heteroatoms. The second-order valence-corrected chi connectivity index (χ2v) is 8.88. The van der Waals surface area contributed by atoms with Crippen molar-refractivity contribution in [3.8, 4) is 0 Å². The number of hydrogen-bond donors (Lipinski definition) is 0. The van der Waals surface area contributed by atoms with Crippen LogP contribution in [0, 0.1) is 11.3 Å². The Bertz CT molecular complexity index is 973. The number of hydrogen-bond acceptors (Lipinski definition) is 5. The molecular formula is C26H29NO4. The molecule has 0 N–H and O–H groups in total. The maximum atomic E-state index is 13.1. The molecule has 1 aliphatic rings. The molecule has 0 radical (unpaired) electrons. The van der Waals surface area contributed by atoms with Crippen molar-refractivity contribution in [2.45, 2.75) is 46.3 Å². The molecule has 0 unspecified atom stereocenters. The van der Waals surface area contributed by atoms with Crippen molar-refractivity contribution in [1.29, 1.82) is 0 Å². The molecule has 1 heterocycles. The van der Waals surface area contributed by atoms with Crippen LogP contribution in [0.3, 0.4) is 0 Å². The van der Waals surface area contributed by atoms with E-state index in [0.29, 0.717) is 12.3 Å². The molecule has 2 atom stereocenters. The summed E-state index contributed by atoms with van der Waals surface area (Å²) in [5.41, 5.74) is 0.369. The average Bonchev–Trinajstić information content (AvgIpc) is 3.09. The summed E-state index contributed by atoms with van der Waals surface area (Å²) in [4.78, 5) is 30.1. The van der Waals surface area contributed by atoms with Crippen molar-refractivity contribution in [3.63, 3.8) is 0 Å². The minimum absolute atomic E-state index is 0.196. The van der Waals surface area contributed by atoms with Crippen molar-refractivity contribution >= 4 is 17.8 Å². The highest BCUT2D eigenvalue weighted by Crippen LogP contribution is 2.37. The number of carbonyl (C=O) groups is 2. The van der Waals surface area contributed by atoms with Gasteiger partial charge in [0.05, 0.1) is 0 Å². The smallest absolute Gasteiger partial charge is 0.341 e. The van der Waals surface area contributed by atoms with Crippen LogP contribution >= 0.6 is 0 Å². The zero-order valence-electron chi connectivity index (χ0n) is 18.5. The third kappa shape index (κ3) is 5.48. The summed E-state index contributed by atoms with van der Waals surface area (Å²) in [6.45, 7) is 7.94. The standard InChI is InChI=1S/C26H29NO4/c1-19(15-16-22(28)30-18-21-13-9-6-10-14-21)26(17-20-11-7-5-8-12-20)24(29)31-23(27-26)25(2,3)4/h5-16,19H,17-18H2,1-4H3/b16-15+/t19-,26+/m0/s1. The normalized spacial score (nSPS) is 19.7. The average molecular weight is 420 g/mol. The van der Waals surface area contributed by atoms with Gasteiger partial charge in [0.1, 0.15) is 6.61 Å². The van der Waals surface area contributed by atoms with E-state index >= 15 is 0 Å². The summed E-state index contributed by atoms with van der Waals surface area (Å²) in [5.74, 6) is -0.808. The molecule has 2 aromatic carbocycles. The SMILES string of the molecule is C[C@@H](/C=C/C(=O)OCc1ccccc1)[C@@]1(Cc2ccccc2)N=C(C(C)(C)C)OC1=O. The number of ether oxygens (including phenoxy) is 2. The summed E-state index contributed by atoms with van der Waals surface area (Å²) >= 11 is 0. The number of rotatable bonds is 7. The summed E-state index contributed by atoms with van der Waals surface area (Å²) in [6.07, 6.45) is 3.45. The Balaban J connectivity index is 1.80. The number of esters is 2. The van der Waals surface area contributed by atoms with Gasteiger partial charge in [0, 0.05) is 23.8 Å². The number of carbonyl (C=O) groups excluding carboxylic acids is 2. The minimum Gasteiger partial charge on any atom is -0.458 e. The molecule has 3 rings (SSSR count). The van der Waals surface area contributed by atoms with Gasteiger partial charge in [-0.2, -0.15) is 0 Å². The lowest BCUT2D eigenvalue weighted by atomic mass is 9.80. The van der Waals surface area contributed by atoms with Gasteiger partial charge in [-0.1, -0.05) is 94.4 Å². The molecule has 0 bridgehead atoms. The highest BCUT2D eigenvalue weighted by Gasteiger charge is 2.51. The van der Waals surface area contributed by atoms with Crippen LogP contribution in [0.25, 0.3) is 0 Å². The van der Waals surface area contributed by atoms with Gasteiger partial charge in [-0.25, -0.2) is 14.6 Å². The van der Waals surface area contributed by atoms with Crippen LogP contribution < -0.4 is 0 Å². The number of cyclic esters (lactones) is 1. The van der Waals surface area contributed by atoms with E-state index in [0.717, 1.165) is 11.1 Å².